The summed E-state index contributed by atoms with van der Waals surface area (Å²) in [6.45, 7) is 5.60. The summed E-state index contributed by atoms with van der Waals surface area (Å²) in [5.41, 5.74) is 1.95. The van der Waals surface area contributed by atoms with Gasteiger partial charge in [0, 0.05) is 30.0 Å². The van der Waals surface area contributed by atoms with Gasteiger partial charge in [-0.25, -0.2) is 8.42 Å². The molecule has 0 aromatic heterocycles. The zero-order valence-electron chi connectivity index (χ0n) is 24.0. The van der Waals surface area contributed by atoms with Gasteiger partial charge in [-0.1, -0.05) is 72.2 Å². The van der Waals surface area contributed by atoms with Crippen LogP contribution in [0.2, 0.25) is 0 Å². The molecule has 0 bridgehead atoms. The number of nitrogens with zero attached hydrogens (tertiary/aromatic N) is 2. The van der Waals surface area contributed by atoms with Crippen LogP contribution in [-0.4, -0.2) is 56.8 Å². The van der Waals surface area contributed by atoms with Crippen molar-refractivity contribution in [3.05, 3.63) is 88.4 Å². The van der Waals surface area contributed by atoms with Gasteiger partial charge >= 0.3 is 0 Å². The number of sulfonamides is 1. The van der Waals surface area contributed by atoms with E-state index in [1.54, 1.807) is 18.2 Å². The molecule has 1 aliphatic heterocycles. The minimum absolute atomic E-state index is 0.0330. The normalized spacial score (nSPS) is 13.1. The van der Waals surface area contributed by atoms with Crippen LogP contribution in [0.25, 0.3) is 0 Å². The number of carbonyl (C=O) groups excluding carboxylic acids is 2. The lowest BCUT2D eigenvalue weighted by atomic mass is 10.0. The Morgan fingerprint density at radius 2 is 1.67 bits per heavy atom. The van der Waals surface area contributed by atoms with Crippen molar-refractivity contribution in [3.63, 3.8) is 0 Å². The average molecular weight is 659 g/mol. The Bertz CT molecular complexity index is 1500. The van der Waals surface area contributed by atoms with Gasteiger partial charge in [-0.3, -0.25) is 13.9 Å². The summed E-state index contributed by atoms with van der Waals surface area (Å²) >= 11 is 3.49. The van der Waals surface area contributed by atoms with E-state index in [1.165, 1.54) is 11.8 Å². The topological polar surface area (TPSA) is 105 Å². The van der Waals surface area contributed by atoms with Crippen molar-refractivity contribution >= 4 is 43.5 Å². The Morgan fingerprint density at radius 3 is 2.36 bits per heavy atom. The van der Waals surface area contributed by atoms with Crippen LogP contribution in [-0.2, 0) is 32.6 Å². The molecule has 0 saturated heterocycles. The van der Waals surface area contributed by atoms with Gasteiger partial charge in [-0.05, 0) is 48.2 Å². The molecule has 0 radical (unpaired) electrons. The molecule has 11 heteroatoms. The molecule has 1 heterocycles. The number of hydrogen-bond acceptors (Lipinski definition) is 6. The van der Waals surface area contributed by atoms with E-state index in [9.17, 15) is 18.0 Å². The minimum atomic E-state index is -3.88. The summed E-state index contributed by atoms with van der Waals surface area (Å²) in [7, 11) is -3.88. The van der Waals surface area contributed by atoms with E-state index in [0.717, 1.165) is 19.9 Å². The zero-order chi connectivity index (χ0) is 30.3. The smallest absolute Gasteiger partial charge is 0.244 e. The molecule has 9 nitrogen and oxygen atoms in total. The van der Waals surface area contributed by atoms with Gasteiger partial charge in [0.2, 0.25) is 28.6 Å². The standard InChI is InChI=1S/C31H36BrN3O6S/c1-4-42(38,39)35(26-13-14-28-29(17-26)41-21-40-28)20-30(36)34(19-24-11-8-12-25(32)15-24)27(31(37)33-18-22(2)3)16-23-9-6-5-7-10-23/h5-15,17,22,27H,4,16,18-21H2,1-3H3,(H,33,37). The van der Waals surface area contributed by atoms with Crippen molar-refractivity contribution in [2.24, 2.45) is 5.92 Å². The molecule has 224 valence electrons. The molecule has 3 aromatic carbocycles. The van der Waals surface area contributed by atoms with E-state index in [4.69, 9.17) is 9.47 Å². The molecule has 1 aliphatic rings. The molecule has 0 spiro atoms. The lowest BCUT2D eigenvalue weighted by molar-refractivity contribution is -0.140. The fourth-order valence-corrected chi connectivity index (χ4v) is 6.07. The summed E-state index contributed by atoms with van der Waals surface area (Å²) in [6.07, 6.45) is 0.259. The van der Waals surface area contributed by atoms with Crippen LogP contribution in [0.3, 0.4) is 0 Å². The number of amides is 2. The largest absolute Gasteiger partial charge is 0.454 e. The lowest BCUT2D eigenvalue weighted by Gasteiger charge is -2.34. The quantitative estimate of drug-likeness (QED) is 0.285. The predicted octanol–water partition coefficient (Wildman–Crippen LogP) is 4.75. The van der Waals surface area contributed by atoms with Crippen LogP contribution in [0.15, 0.2) is 77.3 Å². The van der Waals surface area contributed by atoms with Gasteiger partial charge in [0.1, 0.15) is 12.6 Å². The number of rotatable bonds is 13. The second-order valence-electron chi connectivity index (χ2n) is 10.4. The Labute approximate surface area is 256 Å². The minimum Gasteiger partial charge on any atom is -0.454 e. The third-order valence-corrected chi connectivity index (χ3v) is 9.06. The van der Waals surface area contributed by atoms with Crippen LogP contribution in [0.1, 0.15) is 31.9 Å². The first-order chi connectivity index (χ1) is 20.1. The number of nitrogens with one attached hydrogen (secondary N) is 1. The summed E-state index contributed by atoms with van der Waals surface area (Å²) < 4.78 is 39.4. The maximum absolute atomic E-state index is 14.3. The van der Waals surface area contributed by atoms with Crippen molar-refractivity contribution < 1.29 is 27.5 Å². The third kappa shape index (κ3) is 8.04. The van der Waals surface area contributed by atoms with Crippen LogP contribution >= 0.6 is 15.9 Å². The molecular formula is C31H36BrN3O6S. The summed E-state index contributed by atoms with van der Waals surface area (Å²) in [5, 5.41) is 2.99. The fourth-order valence-electron chi connectivity index (χ4n) is 4.57. The van der Waals surface area contributed by atoms with Gasteiger partial charge in [0.25, 0.3) is 0 Å². The summed E-state index contributed by atoms with van der Waals surface area (Å²) in [5.74, 6) is 0.0750. The van der Waals surface area contributed by atoms with Crippen molar-refractivity contribution in [3.8, 4) is 11.5 Å². The molecule has 0 aliphatic carbocycles. The third-order valence-electron chi connectivity index (χ3n) is 6.82. The van der Waals surface area contributed by atoms with E-state index in [0.29, 0.717) is 18.0 Å². The van der Waals surface area contributed by atoms with E-state index in [1.807, 2.05) is 68.4 Å². The highest BCUT2D eigenvalue weighted by atomic mass is 79.9. The number of anilines is 1. The lowest BCUT2D eigenvalue weighted by Crippen LogP contribution is -2.53. The Kier molecular flexibility index (Phi) is 10.5. The first kappa shape index (κ1) is 31.4. The van der Waals surface area contributed by atoms with Crippen molar-refractivity contribution in [2.45, 2.75) is 39.8 Å². The van der Waals surface area contributed by atoms with Crippen molar-refractivity contribution in [2.75, 3.05) is 29.9 Å². The van der Waals surface area contributed by atoms with Gasteiger partial charge in [-0.2, -0.15) is 0 Å². The highest BCUT2D eigenvalue weighted by Gasteiger charge is 2.34. The highest BCUT2D eigenvalue weighted by Crippen LogP contribution is 2.36. The number of ether oxygens (including phenoxy) is 2. The van der Waals surface area contributed by atoms with Gasteiger partial charge in [-0.15, -0.1) is 0 Å². The molecule has 0 fully saturated rings. The average Bonchev–Trinajstić information content (AvgIpc) is 3.45. The summed E-state index contributed by atoms with van der Waals surface area (Å²) in [6, 6.07) is 20.8. The fraction of sp³-hybridized carbons (Fsp3) is 0.355. The van der Waals surface area contributed by atoms with E-state index >= 15 is 0 Å². The zero-order valence-corrected chi connectivity index (χ0v) is 26.4. The summed E-state index contributed by atoms with van der Waals surface area (Å²) in [4.78, 5) is 29.5. The molecule has 0 saturated carbocycles. The molecule has 4 rings (SSSR count). The maximum atomic E-state index is 14.3. The molecule has 2 amide bonds. The van der Waals surface area contributed by atoms with Crippen LogP contribution < -0.4 is 19.1 Å². The van der Waals surface area contributed by atoms with E-state index in [2.05, 4.69) is 21.2 Å². The Balaban J connectivity index is 1.74. The second-order valence-corrected chi connectivity index (χ2v) is 13.5. The second kappa shape index (κ2) is 14.1. The Morgan fingerprint density at radius 1 is 0.952 bits per heavy atom. The molecule has 3 aromatic rings. The molecule has 1 N–H and O–H groups in total. The molecular weight excluding hydrogens is 622 g/mol. The SMILES string of the molecule is CCS(=O)(=O)N(CC(=O)N(Cc1cccc(Br)c1)C(Cc1ccccc1)C(=O)NCC(C)C)c1ccc2c(c1)OCO2. The molecule has 1 atom stereocenters. The van der Waals surface area contributed by atoms with Crippen molar-refractivity contribution in [1.29, 1.82) is 0 Å². The Hall–Kier alpha value is -3.57. The monoisotopic (exact) mass is 657 g/mol. The first-order valence-electron chi connectivity index (χ1n) is 13.8. The first-order valence-corrected chi connectivity index (χ1v) is 16.2. The highest BCUT2D eigenvalue weighted by molar-refractivity contribution is 9.10. The van der Waals surface area contributed by atoms with E-state index in [-0.39, 0.29) is 43.0 Å². The van der Waals surface area contributed by atoms with Crippen molar-refractivity contribution in [1.82, 2.24) is 10.2 Å². The van der Waals surface area contributed by atoms with Gasteiger partial charge in [0.15, 0.2) is 11.5 Å². The maximum Gasteiger partial charge on any atom is 0.244 e. The number of benzene rings is 3. The molecule has 1 unspecified atom stereocenters. The van der Waals surface area contributed by atoms with Gasteiger partial charge < -0.3 is 19.7 Å². The van der Waals surface area contributed by atoms with Crippen LogP contribution in [0.4, 0.5) is 5.69 Å². The van der Waals surface area contributed by atoms with Gasteiger partial charge in [0.05, 0.1) is 11.4 Å². The molecule has 42 heavy (non-hydrogen) atoms. The number of fused-ring (bicyclic) bond motifs is 1. The predicted molar refractivity (Wildman–Crippen MR) is 166 cm³/mol. The number of hydrogen-bond donors (Lipinski definition) is 1. The number of halogens is 1. The van der Waals surface area contributed by atoms with Crippen LogP contribution in [0.5, 0.6) is 11.5 Å². The van der Waals surface area contributed by atoms with Crippen LogP contribution in [0, 0.1) is 5.92 Å². The van der Waals surface area contributed by atoms with E-state index < -0.39 is 28.5 Å². The number of carbonyl (C=O) groups is 2.